The Hall–Kier alpha value is -2.74. The van der Waals surface area contributed by atoms with Crippen LogP contribution in [-0.4, -0.2) is 34.7 Å². The van der Waals surface area contributed by atoms with Crippen molar-refractivity contribution in [1.29, 1.82) is 0 Å². The molecule has 2 heterocycles. The van der Waals surface area contributed by atoms with Crippen molar-refractivity contribution in [2.45, 2.75) is 19.3 Å². The molecule has 1 aliphatic heterocycles. The highest BCUT2D eigenvalue weighted by atomic mass is 32.1. The fourth-order valence-electron chi connectivity index (χ4n) is 2.75. The van der Waals surface area contributed by atoms with Crippen molar-refractivity contribution in [2.24, 2.45) is 0 Å². The summed E-state index contributed by atoms with van der Waals surface area (Å²) in [6, 6.07) is 9.48. The van der Waals surface area contributed by atoms with Crippen LogP contribution in [0.4, 0.5) is 10.7 Å². The number of nitrogens with zero attached hydrogens (tertiary/aromatic N) is 2. The van der Waals surface area contributed by atoms with Crippen molar-refractivity contribution in [2.75, 3.05) is 18.4 Å². The van der Waals surface area contributed by atoms with Gasteiger partial charge in [0.25, 0.3) is 11.8 Å². The quantitative estimate of drug-likeness (QED) is 0.667. The standard InChI is InChI=1S/C17H17N3O4S/c21-16(14-7-8-15(25-14)20(23)24)18-13-6-4-5-12(11-13)17(22)19-9-2-1-3-10-19/h4-8,11H,1-3,9-10H2,(H,18,21). The zero-order valence-corrected chi connectivity index (χ0v) is 14.3. The highest BCUT2D eigenvalue weighted by molar-refractivity contribution is 7.17. The molecule has 8 heteroatoms. The lowest BCUT2D eigenvalue weighted by Gasteiger charge is -2.26. The van der Waals surface area contributed by atoms with Crippen LogP contribution in [0.5, 0.6) is 0 Å². The third-order valence-electron chi connectivity index (χ3n) is 4.01. The van der Waals surface area contributed by atoms with Gasteiger partial charge in [0.1, 0.15) is 0 Å². The van der Waals surface area contributed by atoms with Crippen molar-refractivity contribution in [3.63, 3.8) is 0 Å². The van der Waals surface area contributed by atoms with Crippen molar-refractivity contribution in [3.8, 4) is 0 Å². The number of piperidine rings is 1. The van der Waals surface area contributed by atoms with Crippen molar-refractivity contribution in [1.82, 2.24) is 4.90 Å². The highest BCUT2D eigenvalue weighted by Crippen LogP contribution is 2.25. The average Bonchev–Trinajstić information content (AvgIpc) is 3.13. The fourth-order valence-corrected chi connectivity index (χ4v) is 3.47. The first-order valence-corrected chi connectivity index (χ1v) is 8.81. The molecule has 0 atom stereocenters. The second-order valence-corrected chi connectivity index (χ2v) is 6.85. The van der Waals surface area contributed by atoms with E-state index in [-0.39, 0.29) is 15.8 Å². The van der Waals surface area contributed by atoms with Gasteiger partial charge in [-0.05, 0) is 43.5 Å². The van der Waals surface area contributed by atoms with Crippen LogP contribution < -0.4 is 5.32 Å². The summed E-state index contributed by atoms with van der Waals surface area (Å²) in [6.07, 6.45) is 3.17. The number of hydrogen-bond acceptors (Lipinski definition) is 5. The zero-order chi connectivity index (χ0) is 17.8. The lowest BCUT2D eigenvalue weighted by atomic mass is 10.1. The minimum atomic E-state index is -0.528. The monoisotopic (exact) mass is 359 g/mol. The first-order chi connectivity index (χ1) is 12.0. The van der Waals surface area contributed by atoms with Gasteiger partial charge in [0, 0.05) is 30.4 Å². The van der Waals surface area contributed by atoms with Gasteiger partial charge in [-0.25, -0.2) is 0 Å². The molecule has 1 aromatic heterocycles. The van der Waals surface area contributed by atoms with Crippen molar-refractivity contribution >= 4 is 33.8 Å². The van der Waals surface area contributed by atoms with E-state index in [0.29, 0.717) is 11.3 Å². The smallest absolute Gasteiger partial charge is 0.324 e. The van der Waals surface area contributed by atoms with Gasteiger partial charge in [0.15, 0.2) is 0 Å². The minimum Gasteiger partial charge on any atom is -0.339 e. The number of amides is 2. The number of hydrogen-bond donors (Lipinski definition) is 1. The van der Waals surface area contributed by atoms with Crippen molar-refractivity contribution < 1.29 is 14.5 Å². The minimum absolute atomic E-state index is 0.0393. The molecule has 0 saturated carbocycles. The SMILES string of the molecule is O=C(Nc1cccc(C(=O)N2CCCCC2)c1)c1ccc([N+](=O)[O-])s1. The summed E-state index contributed by atoms with van der Waals surface area (Å²) >= 11 is 0.815. The summed E-state index contributed by atoms with van der Waals surface area (Å²) in [4.78, 5) is 37.0. The molecule has 0 spiro atoms. The van der Waals surface area contributed by atoms with Gasteiger partial charge in [0.05, 0.1) is 9.80 Å². The van der Waals surface area contributed by atoms with Crippen LogP contribution in [0, 0.1) is 10.1 Å². The molecule has 7 nitrogen and oxygen atoms in total. The molecule has 1 fully saturated rings. The maximum absolute atomic E-state index is 12.5. The molecule has 2 aromatic rings. The summed E-state index contributed by atoms with van der Waals surface area (Å²) in [5, 5.41) is 13.3. The van der Waals surface area contributed by atoms with Gasteiger partial charge in [-0.1, -0.05) is 17.4 Å². The second kappa shape index (κ2) is 7.43. The third-order valence-corrected chi connectivity index (χ3v) is 5.04. The first kappa shape index (κ1) is 17.1. The van der Waals surface area contributed by atoms with E-state index in [1.165, 1.54) is 12.1 Å². The van der Waals surface area contributed by atoms with Crippen LogP contribution in [0.3, 0.4) is 0 Å². The first-order valence-electron chi connectivity index (χ1n) is 7.99. The number of thiophene rings is 1. The number of likely N-dealkylation sites (tertiary alicyclic amines) is 1. The number of carbonyl (C=O) groups excluding carboxylic acids is 2. The Bertz CT molecular complexity index is 812. The Morgan fingerprint density at radius 2 is 1.88 bits per heavy atom. The van der Waals surface area contributed by atoms with Crippen LogP contribution in [0.1, 0.15) is 39.3 Å². The molecule has 0 unspecified atom stereocenters. The lowest BCUT2D eigenvalue weighted by molar-refractivity contribution is -0.380. The van der Waals surface area contributed by atoms with Gasteiger partial charge in [0.2, 0.25) is 0 Å². The summed E-state index contributed by atoms with van der Waals surface area (Å²) in [5.41, 5.74) is 1.01. The van der Waals surface area contributed by atoms with Gasteiger partial charge in [-0.2, -0.15) is 0 Å². The van der Waals surface area contributed by atoms with E-state index >= 15 is 0 Å². The van der Waals surface area contributed by atoms with E-state index in [2.05, 4.69) is 5.32 Å². The Morgan fingerprint density at radius 1 is 1.12 bits per heavy atom. The van der Waals surface area contributed by atoms with E-state index in [1.807, 2.05) is 4.90 Å². The van der Waals surface area contributed by atoms with Gasteiger partial charge < -0.3 is 10.2 Å². The zero-order valence-electron chi connectivity index (χ0n) is 13.4. The summed E-state index contributed by atoms with van der Waals surface area (Å²) < 4.78 is 0. The molecule has 0 radical (unpaired) electrons. The molecule has 1 saturated heterocycles. The van der Waals surface area contributed by atoms with Crippen LogP contribution in [0.2, 0.25) is 0 Å². The number of carbonyl (C=O) groups is 2. The molecule has 0 bridgehead atoms. The average molecular weight is 359 g/mol. The van der Waals surface area contributed by atoms with E-state index < -0.39 is 10.8 Å². The summed E-state index contributed by atoms with van der Waals surface area (Å²) in [7, 11) is 0. The molecule has 25 heavy (non-hydrogen) atoms. The predicted molar refractivity (Wildman–Crippen MR) is 95.1 cm³/mol. The lowest BCUT2D eigenvalue weighted by Crippen LogP contribution is -2.35. The summed E-state index contributed by atoms with van der Waals surface area (Å²) in [6.45, 7) is 1.52. The Kier molecular flexibility index (Phi) is 5.08. The Morgan fingerprint density at radius 3 is 2.56 bits per heavy atom. The van der Waals surface area contributed by atoms with Gasteiger partial charge in [-0.15, -0.1) is 0 Å². The number of benzene rings is 1. The molecule has 0 aliphatic carbocycles. The molecule has 1 aliphatic rings. The van der Waals surface area contributed by atoms with Crippen LogP contribution in [-0.2, 0) is 0 Å². The van der Waals surface area contributed by atoms with Gasteiger partial charge in [-0.3, -0.25) is 19.7 Å². The van der Waals surface area contributed by atoms with Crippen LogP contribution >= 0.6 is 11.3 Å². The summed E-state index contributed by atoms with van der Waals surface area (Å²) in [5.74, 6) is -0.469. The van der Waals surface area contributed by atoms with Crippen molar-refractivity contribution in [3.05, 3.63) is 57.0 Å². The molecule has 130 valence electrons. The predicted octanol–water partition coefficient (Wildman–Crippen LogP) is 3.53. The maximum Gasteiger partial charge on any atom is 0.324 e. The van der Waals surface area contributed by atoms with Crippen LogP contribution in [0.25, 0.3) is 0 Å². The Labute approximate surface area is 148 Å². The van der Waals surface area contributed by atoms with Gasteiger partial charge >= 0.3 is 5.00 Å². The molecular formula is C17H17N3O4S. The molecule has 2 amide bonds. The maximum atomic E-state index is 12.5. The fraction of sp³-hybridized carbons (Fsp3) is 0.294. The van der Waals surface area contributed by atoms with Crippen LogP contribution in [0.15, 0.2) is 36.4 Å². The number of rotatable bonds is 4. The Balaban J connectivity index is 1.71. The largest absolute Gasteiger partial charge is 0.339 e. The third kappa shape index (κ3) is 4.03. The number of nitrogens with one attached hydrogen (secondary N) is 1. The molecule has 1 N–H and O–H groups in total. The second-order valence-electron chi connectivity index (χ2n) is 5.78. The normalized spacial score (nSPS) is 14.2. The highest BCUT2D eigenvalue weighted by Gasteiger charge is 2.19. The van der Waals surface area contributed by atoms with E-state index in [0.717, 1.165) is 43.7 Å². The van der Waals surface area contributed by atoms with E-state index in [1.54, 1.807) is 24.3 Å². The molecular weight excluding hydrogens is 342 g/mol. The van der Waals surface area contributed by atoms with E-state index in [9.17, 15) is 19.7 Å². The number of nitro groups is 1. The van der Waals surface area contributed by atoms with E-state index in [4.69, 9.17) is 0 Å². The molecule has 1 aromatic carbocycles. The topological polar surface area (TPSA) is 92.6 Å². The molecule has 3 rings (SSSR count). The number of anilines is 1.